The van der Waals surface area contributed by atoms with Gasteiger partial charge in [-0.05, 0) is 18.6 Å². The highest BCUT2D eigenvalue weighted by molar-refractivity contribution is 5.49. The molecule has 1 atom stereocenters. The molecule has 0 radical (unpaired) electrons. The number of aromatic nitrogens is 2. The summed E-state index contributed by atoms with van der Waals surface area (Å²) >= 11 is 0. The van der Waals surface area contributed by atoms with Crippen LogP contribution in [0.3, 0.4) is 0 Å². The van der Waals surface area contributed by atoms with Gasteiger partial charge in [0.2, 0.25) is 0 Å². The van der Waals surface area contributed by atoms with E-state index in [1.807, 2.05) is 35.1 Å². The molecule has 2 heteroatoms. The zero-order valence-electron chi connectivity index (χ0n) is 8.75. The van der Waals surface area contributed by atoms with Crippen LogP contribution in [-0.4, -0.2) is 9.78 Å². The highest BCUT2D eigenvalue weighted by Crippen LogP contribution is 2.08. The van der Waals surface area contributed by atoms with Gasteiger partial charge < -0.3 is 0 Å². The Bertz CT molecular complexity index is 415. The van der Waals surface area contributed by atoms with E-state index < -0.39 is 0 Å². The van der Waals surface area contributed by atoms with E-state index in [1.54, 1.807) is 6.20 Å². The first kappa shape index (κ1) is 9.71. The van der Waals surface area contributed by atoms with Crippen LogP contribution < -0.4 is 0 Å². The Morgan fingerprint density at radius 1 is 1.20 bits per heavy atom. The van der Waals surface area contributed by atoms with Crippen LogP contribution >= 0.6 is 0 Å². The fourth-order valence-electron chi connectivity index (χ4n) is 1.42. The average molecular weight is 198 g/mol. The molecule has 76 valence electrons. The third-order valence-electron chi connectivity index (χ3n) is 2.31. The Balaban J connectivity index is 2.06. The van der Waals surface area contributed by atoms with Gasteiger partial charge in [0.25, 0.3) is 0 Å². The minimum Gasteiger partial charge on any atom is -0.266 e. The number of nitrogens with zero attached hydrogens (tertiary/aromatic N) is 2. The van der Waals surface area contributed by atoms with Gasteiger partial charge in [-0.2, -0.15) is 5.10 Å². The first-order valence-electron chi connectivity index (χ1n) is 5.08. The summed E-state index contributed by atoms with van der Waals surface area (Å²) in [6.45, 7) is 2.12. The normalized spacial score (nSPS) is 13.1. The SMILES string of the molecule is CC(/C=C/c1ccccc1)n1cccn1. The maximum Gasteiger partial charge on any atom is 0.0674 e. The number of hydrogen-bond donors (Lipinski definition) is 0. The molecule has 0 saturated heterocycles. The van der Waals surface area contributed by atoms with Gasteiger partial charge in [-0.3, -0.25) is 4.68 Å². The van der Waals surface area contributed by atoms with Crippen molar-refractivity contribution in [2.75, 3.05) is 0 Å². The number of hydrogen-bond acceptors (Lipinski definition) is 1. The van der Waals surface area contributed by atoms with Gasteiger partial charge in [-0.25, -0.2) is 0 Å². The Labute approximate surface area is 89.9 Å². The third-order valence-corrected chi connectivity index (χ3v) is 2.31. The Morgan fingerprint density at radius 2 is 2.00 bits per heavy atom. The molecule has 0 spiro atoms. The topological polar surface area (TPSA) is 17.8 Å². The zero-order valence-corrected chi connectivity index (χ0v) is 8.75. The Morgan fingerprint density at radius 3 is 2.67 bits per heavy atom. The molecule has 0 bridgehead atoms. The molecule has 2 rings (SSSR count). The minimum atomic E-state index is 0.292. The standard InChI is InChI=1S/C13H14N2/c1-12(15-11-5-10-14-15)8-9-13-6-3-2-4-7-13/h2-12H,1H3/b9-8+. The van der Waals surface area contributed by atoms with E-state index in [-0.39, 0.29) is 0 Å². The van der Waals surface area contributed by atoms with E-state index in [9.17, 15) is 0 Å². The average Bonchev–Trinajstić information content (AvgIpc) is 2.81. The van der Waals surface area contributed by atoms with Crippen molar-refractivity contribution in [3.63, 3.8) is 0 Å². The van der Waals surface area contributed by atoms with Crippen LogP contribution in [0.15, 0.2) is 54.9 Å². The van der Waals surface area contributed by atoms with E-state index >= 15 is 0 Å². The summed E-state index contributed by atoms with van der Waals surface area (Å²) in [4.78, 5) is 0. The predicted octanol–water partition coefficient (Wildman–Crippen LogP) is 3.16. The molecule has 2 nitrogen and oxygen atoms in total. The predicted molar refractivity (Wildman–Crippen MR) is 62.4 cm³/mol. The fourth-order valence-corrected chi connectivity index (χ4v) is 1.42. The summed E-state index contributed by atoms with van der Waals surface area (Å²) in [5.74, 6) is 0. The lowest BCUT2D eigenvalue weighted by Crippen LogP contribution is -2.01. The Hall–Kier alpha value is -1.83. The maximum atomic E-state index is 4.19. The highest BCUT2D eigenvalue weighted by atomic mass is 15.3. The van der Waals surface area contributed by atoms with Gasteiger partial charge >= 0.3 is 0 Å². The molecule has 1 aromatic carbocycles. The van der Waals surface area contributed by atoms with Crippen molar-refractivity contribution >= 4 is 6.08 Å². The number of allylic oxidation sites excluding steroid dienone is 1. The van der Waals surface area contributed by atoms with Crippen LogP contribution in [0.4, 0.5) is 0 Å². The van der Waals surface area contributed by atoms with Crippen molar-refractivity contribution in [3.05, 3.63) is 60.4 Å². The van der Waals surface area contributed by atoms with Crippen molar-refractivity contribution in [2.24, 2.45) is 0 Å². The van der Waals surface area contributed by atoms with Crippen molar-refractivity contribution in [1.82, 2.24) is 9.78 Å². The molecule has 0 N–H and O–H groups in total. The quantitative estimate of drug-likeness (QED) is 0.740. The largest absolute Gasteiger partial charge is 0.266 e. The lowest BCUT2D eigenvalue weighted by atomic mass is 10.2. The molecule has 2 aromatic rings. The van der Waals surface area contributed by atoms with Crippen molar-refractivity contribution < 1.29 is 0 Å². The van der Waals surface area contributed by atoms with E-state index in [0.717, 1.165) is 0 Å². The second-order valence-corrected chi connectivity index (χ2v) is 3.50. The van der Waals surface area contributed by atoms with Crippen LogP contribution in [0, 0.1) is 0 Å². The zero-order chi connectivity index (χ0) is 10.5. The summed E-state index contributed by atoms with van der Waals surface area (Å²) in [5.41, 5.74) is 1.22. The minimum absolute atomic E-state index is 0.292. The number of benzene rings is 1. The molecule has 0 aliphatic heterocycles. The van der Waals surface area contributed by atoms with E-state index in [0.29, 0.717) is 6.04 Å². The Kier molecular flexibility index (Phi) is 2.98. The van der Waals surface area contributed by atoms with Crippen LogP contribution in [0.2, 0.25) is 0 Å². The smallest absolute Gasteiger partial charge is 0.0674 e. The van der Waals surface area contributed by atoms with Gasteiger partial charge in [-0.1, -0.05) is 42.5 Å². The first-order valence-corrected chi connectivity index (χ1v) is 5.08. The highest BCUT2D eigenvalue weighted by Gasteiger charge is 1.97. The van der Waals surface area contributed by atoms with E-state index in [2.05, 4.69) is 36.3 Å². The molecule has 1 aromatic heterocycles. The first-order chi connectivity index (χ1) is 7.36. The summed E-state index contributed by atoms with van der Waals surface area (Å²) in [7, 11) is 0. The summed E-state index contributed by atoms with van der Waals surface area (Å²) in [6, 6.07) is 12.5. The molecule has 0 fully saturated rings. The molecule has 1 heterocycles. The van der Waals surface area contributed by atoms with E-state index in [4.69, 9.17) is 0 Å². The molecule has 0 aliphatic carbocycles. The van der Waals surface area contributed by atoms with Crippen molar-refractivity contribution in [1.29, 1.82) is 0 Å². The third kappa shape index (κ3) is 2.56. The molecule has 0 saturated carbocycles. The van der Waals surface area contributed by atoms with Crippen LogP contribution in [0.25, 0.3) is 6.08 Å². The van der Waals surface area contributed by atoms with E-state index in [1.165, 1.54) is 5.56 Å². The van der Waals surface area contributed by atoms with Crippen LogP contribution in [0.5, 0.6) is 0 Å². The van der Waals surface area contributed by atoms with Crippen molar-refractivity contribution in [3.8, 4) is 0 Å². The summed E-state index contributed by atoms with van der Waals surface area (Å²) in [6.07, 6.45) is 8.03. The molecule has 15 heavy (non-hydrogen) atoms. The second-order valence-electron chi connectivity index (χ2n) is 3.50. The number of rotatable bonds is 3. The maximum absolute atomic E-state index is 4.19. The molecule has 0 amide bonds. The second kappa shape index (κ2) is 4.60. The molecular weight excluding hydrogens is 184 g/mol. The van der Waals surface area contributed by atoms with Gasteiger partial charge in [0.05, 0.1) is 6.04 Å². The van der Waals surface area contributed by atoms with Crippen molar-refractivity contribution in [2.45, 2.75) is 13.0 Å². The van der Waals surface area contributed by atoms with Gasteiger partial charge in [0, 0.05) is 12.4 Å². The van der Waals surface area contributed by atoms with Gasteiger partial charge in [0.15, 0.2) is 0 Å². The van der Waals surface area contributed by atoms with Crippen LogP contribution in [0.1, 0.15) is 18.5 Å². The monoisotopic (exact) mass is 198 g/mol. The lowest BCUT2D eigenvalue weighted by Gasteiger charge is -2.05. The molecule has 1 unspecified atom stereocenters. The van der Waals surface area contributed by atoms with Crippen LogP contribution in [-0.2, 0) is 0 Å². The van der Waals surface area contributed by atoms with Gasteiger partial charge in [-0.15, -0.1) is 0 Å². The summed E-state index contributed by atoms with van der Waals surface area (Å²) < 4.78 is 1.93. The summed E-state index contributed by atoms with van der Waals surface area (Å²) in [5, 5.41) is 4.19. The van der Waals surface area contributed by atoms with Gasteiger partial charge in [0.1, 0.15) is 0 Å². The fraction of sp³-hybridized carbons (Fsp3) is 0.154. The molecule has 0 aliphatic rings. The lowest BCUT2D eigenvalue weighted by molar-refractivity contribution is 0.582. The molecular formula is C13H14N2.